The number of nitrogens with one attached hydrogen (secondary N) is 1. The van der Waals surface area contributed by atoms with Gasteiger partial charge < -0.3 is 5.32 Å². The lowest BCUT2D eigenvalue weighted by Gasteiger charge is -2.20. The number of hydrogen-bond acceptors (Lipinski definition) is 1. The first-order chi connectivity index (χ1) is 8.10. The fraction of sp³-hybridized carbons (Fsp3) is 0.938. The van der Waals surface area contributed by atoms with Gasteiger partial charge in [-0.15, -0.1) is 0 Å². The molecule has 0 aliphatic heterocycles. The van der Waals surface area contributed by atoms with E-state index in [1.807, 2.05) is 20.8 Å². The molecule has 0 saturated heterocycles. The molecule has 2 heteroatoms. The van der Waals surface area contributed by atoms with E-state index in [0.29, 0.717) is 11.8 Å². The third kappa shape index (κ3) is 13.5. The van der Waals surface area contributed by atoms with Crippen LogP contribution >= 0.6 is 0 Å². The zero-order valence-corrected chi connectivity index (χ0v) is 13.4. The van der Waals surface area contributed by atoms with Gasteiger partial charge in [0.05, 0.1) is 0 Å². The van der Waals surface area contributed by atoms with Crippen molar-refractivity contribution >= 4 is 5.91 Å². The quantitative estimate of drug-likeness (QED) is 0.658. The molecule has 1 N–H and O–H groups in total. The summed E-state index contributed by atoms with van der Waals surface area (Å²) in [6.45, 7) is 13.0. The van der Waals surface area contributed by atoms with Crippen LogP contribution in [0.15, 0.2) is 0 Å². The zero-order chi connectivity index (χ0) is 14.2. The Labute approximate surface area is 114 Å². The van der Waals surface area contributed by atoms with Crippen molar-refractivity contribution < 1.29 is 4.79 Å². The van der Waals surface area contributed by atoms with Crippen LogP contribution in [0.3, 0.4) is 0 Å². The highest BCUT2D eigenvalue weighted by atomic mass is 16.1. The molecule has 0 aromatic carbocycles. The van der Waals surface area contributed by atoms with Crippen molar-refractivity contribution in [1.29, 1.82) is 0 Å². The first kappa shape index (κ1) is 17.5. The van der Waals surface area contributed by atoms with Crippen molar-refractivity contribution in [1.82, 2.24) is 5.32 Å². The Balaban J connectivity index is 3.39. The van der Waals surface area contributed by atoms with E-state index in [0.717, 1.165) is 6.42 Å². The maximum Gasteiger partial charge on any atom is 0.220 e. The van der Waals surface area contributed by atoms with E-state index in [1.54, 1.807) is 0 Å². The molecule has 0 rings (SSSR count). The Morgan fingerprint density at radius 2 is 1.33 bits per heavy atom. The fourth-order valence-electron chi connectivity index (χ4n) is 1.95. The van der Waals surface area contributed by atoms with Crippen LogP contribution in [0.5, 0.6) is 0 Å². The minimum Gasteiger partial charge on any atom is -0.352 e. The molecule has 18 heavy (non-hydrogen) atoms. The van der Waals surface area contributed by atoms with Crippen molar-refractivity contribution in [2.24, 2.45) is 5.41 Å². The highest BCUT2D eigenvalue weighted by Crippen LogP contribution is 2.22. The van der Waals surface area contributed by atoms with Crippen LogP contribution in [0, 0.1) is 5.41 Å². The first-order valence-electron chi connectivity index (χ1n) is 7.41. The van der Waals surface area contributed by atoms with Crippen LogP contribution in [0.4, 0.5) is 0 Å². The molecule has 0 bridgehead atoms. The molecule has 0 aromatic heterocycles. The van der Waals surface area contributed by atoms with Gasteiger partial charge in [-0.05, 0) is 39.0 Å². The van der Waals surface area contributed by atoms with E-state index in [-0.39, 0.29) is 11.4 Å². The van der Waals surface area contributed by atoms with Crippen molar-refractivity contribution in [3.63, 3.8) is 0 Å². The summed E-state index contributed by atoms with van der Waals surface area (Å²) >= 11 is 0. The molecule has 0 spiro atoms. The van der Waals surface area contributed by atoms with Gasteiger partial charge in [0.25, 0.3) is 0 Å². The lowest BCUT2D eigenvalue weighted by atomic mass is 9.89. The molecule has 0 aromatic rings. The monoisotopic (exact) mass is 255 g/mol. The van der Waals surface area contributed by atoms with E-state index in [9.17, 15) is 4.79 Å². The van der Waals surface area contributed by atoms with Gasteiger partial charge in [-0.2, -0.15) is 0 Å². The number of carbonyl (C=O) groups excluding carboxylic acids is 1. The largest absolute Gasteiger partial charge is 0.352 e. The number of hydrogen-bond donors (Lipinski definition) is 1. The number of rotatable bonds is 7. The zero-order valence-electron chi connectivity index (χ0n) is 13.4. The van der Waals surface area contributed by atoms with Gasteiger partial charge in [0.1, 0.15) is 0 Å². The van der Waals surface area contributed by atoms with Gasteiger partial charge in [0, 0.05) is 12.0 Å². The van der Waals surface area contributed by atoms with Crippen LogP contribution in [-0.4, -0.2) is 11.4 Å². The molecular formula is C16H33NO. The first-order valence-corrected chi connectivity index (χ1v) is 7.41. The molecule has 0 atom stereocenters. The molecule has 0 aliphatic carbocycles. The molecule has 0 aliphatic rings. The smallest absolute Gasteiger partial charge is 0.220 e. The lowest BCUT2D eigenvalue weighted by molar-refractivity contribution is -0.122. The summed E-state index contributed by atoms with van der Waals surface area (Å²) in [6.07, 6.45) is 8.07. The predicted octanol–water partition coefficient (Wildman–Crippen LogP) is 4.68. The predicted molar refractivity (Wildman–Crippen MR) is 79.7 cm³/mol. The maximum absolute atomic E-state index is 11.6. The molecule has 0 radical (unpaired) electrons. The van der Waals surface area contributed by atoms with Gasteiger partial charge in [-0.3, -0.25) is 4.79 Å². The van der Waals surface area contributed by atoms with Gasteiger partial charge in [0.2, 0.25) is 5.91 Å². The summed E-state index contributed by atoms with van der Waals surface area (Å²) in [5.74, 6) is 0.192. The second-order valence-corrected chi connectivity index (χ2v) is 7.63. The van der Waals surface area contributed by atoms with Crippen LogP contribution < -0.4 is 5.32 Å². The van der Waals surface area contributed by atoms with Crippen molar-refractivity contribution in [3.05, 3.63) is 0 Å². The second-order valence-electron chi connectivity index (χ2n) is 7.63. The molecule has 0 saturated carbocycles. The summed E-state index contributed by atoms with van der Waals surface area (Å²) in [5.41, 5.74) is 0.371. The highest BCUT2D eigenvalue weighted by molar-refractivity contribution is 5.76. The summed E-state index contributed by atoms with van der Waals surface area (Å²) in [4.78, 5) is 11.6. The molecular weight excluding hydrogens is 222 g/mol. The van der Waals surface area contributed by atoms with E-state index in [1.165, 1.54) is 32.1 Å². The Kier molecular flexibility index (Phi) is 7.58. The molecule has 0 heterocycles. The van der Waals surface area contributed by atoms with Crippen molar-refractivity contribution in [3.8, 4) is 0 Å². The van der Waals surface area contributed by atoms with E-state index in [2.05, 4.69) is 26.1 Å². The summed E-state index contributed by atoms with van der Waals surface area (Å²) < 4.78 is 0. The van der Waals surface area contributed by atoms with Gasteiger partial charge in [-0.25, -0.2) is 0 Å². The minimum absolute atomic E-state index is 0.0935. The van der Waals surface area contributed by atoms with Gasteiger partial charge in [-0.1, -0.05) is 46.5 Å². The third-order valence-electron chi connectivity index (χ3n) is 2.85. The van der Waals surface area contributed by atoms with E-state index < -0.39 is 0 Å². The SMILES string of the molecule is CC(C)(C)CCCCCCCC(=O)NC(C)(C)C. The molecule has 0 fully saturated rings. The maximum atomic E-state index is 11.6. The lowest BCUT2D eigenvalue weighted by Crippen LogP contribution is -2.40. The molecule has 1 amide bonds. The summed E-state index contributed by atoms with van der Waals surface area (Å²) in [7, 11) is 0. The van der Waals surface area contributed by atoms with Crippen LogP contribution in [-0.2, 0) is 4.79 Å². The highest BCUT2D eigenvalue weighted by Gasteiger charge is 2.13. The topological polar surface area (TPSA) is 29.1 Å². The Bertz CT molecular complexity index is 232. The van der Waals surface area contributed by atoms with Gasteiger partial charge >= 0.3 is 0 Å². The normalized spacial score (nSPS) is 12.6. The average Bonchev–Trinajstić information content (AvgIpc) is 2.11. The van der Waals surface area contributed by atoms with Crippen LogP contribution in [0.25, 0.3) is 0 Å². The number of carbonyl (C=O) groups is 1. The number of amides is 1. The summed E-state index contributed by atoms with van der Waals surface area (Å²) in [6, 6.07) is 0. The van der Waals surface area contributed by atoms with Crippen molar-refractivity contribution in [2.75, 3.05) is 0 Å². The average molecular weight is 255 g/mol. The third-order valence-corrected chi connectivity index (χ3v) is 2.85. The standard InChI is InChI=1S/C16H33NO/c1-15(2,3)13-11-9-7-8-10-12-14(18)17-16(4,5)6/h7-13H2,1-6H3,(H,17,18). The van der Waals surface area contributed by atoms with Crippen molar-refractivity contribution in [2.45, 2.75) is 92.0 Å². The summed E-state index contributed by atoms with van der Waals surface area (Å²) in [5, 5.41) is 3.00. The van der Waals surface area contributed by atoms with Crippen LogP contribution in [0.1, 0.15) is 86.5 Å². The molecule has 2 nitrogen and oxygen atoms in total. The van der Waals surface area contributed by atoms with E-state index >= 15 is 0 Å². The second kappa shape index (κ2) is 7.81. The van der Waals surface area contributed by atoms with Crippen LogP contribution in [0.2, 0.25) is 0 Å². The minimum atomic E-state index is -0.0935. The molecule has 0 unspecified atom stereocenters. The molecule has 108 valence electrons. The number of unbranched alkanes of at least 4 members (excludes halogenated alkanes) is 4. The van der Waals surface area contributed by atoms with Gasteiger partial charge in [0.15, 0.2) is 0 Å². The Morgan fingerprint density at radius 3 is 1.83 bits per heavy atom. The Morgan fingerprint density at radius 1 is 0.833 bits per heavy atom. The Hall–Kier alpha value is -0.530. The van der Waals surface area contributed by atoms with E-state index in [4.69, 9.17) is 0 Å². The fourth-order valence-corrected chi connectivity index (χ4v) is 1.95.